The van der Waals surface area contributed by atoms with Gasteiger partial charge in [-0.2, -0.15) is 0 Å². The molecule has 1 aliphatic rings. The highest BCUT2D eigenvalue weighted by molar-refractivity contribution is 5.84. The number of nitrogens with zero attached hydrogens (tertiary/aromatic N) is 3. The Kier molecular flexibility index (Phi) is 2.80. The summed E-state index contributed by atoms with van der Waals surface area (Å²) in [6.45, 7) is 0.849. The van der Waals surface area contributed by atoms with Crippen LogP contribution >= 0.6 is 0 Å². The average Bonchev–Trinajstić information content (AvgIpc) is 2.78. The van der Waals surface area contributed by atoms with E-state index in [4.69, 9.17) is 0 Å². The smallest absolute Gasteiger partial charge is 0.242 e. The molecule has 1 aromatic heterocycles. The number of rotatable bonds is 2. The van der Waals surface area contributed by atoms with Gasteiger partial charge in [0.25, 0.3) is 0 Å². The first-order chi connectivity index (χ1) is 7.33. The fourth-order valence-corrected chi connectivity index (χ4v) is 1.88. The Hall–Kier alpha value is -1.65. The number of carbonyl (C=O) groups is 1. The summed E-state index contributed by atoms with van der Waals surface area (Å²) in [5, 5.41) is 2.67. The van der Waals surface area contributed by atoms with E-state index in [2.05, 4.69) is 15.3 Å². The van der Waals surface area contributed by atoms with Crippen LogP contribution in [0.25, 0.3) is 0 Å². The molecule has 5 nitrogen and oxygen atoms in total. The minimum atomic E-state index is -0.114. The van der Waals surface area contributed by atoms with Crippen molar-refractivity contribution in [1.82, 2.24) is 15.3 Å². The number of hydrogen-bond acceptors (Lipinski definition) is 4. The highest BCUT2D eigenvalue weighted by atomic mass is 16.2. The lowest BCUT2D eigenvalue weighted by molar-refractivity contribution is -0.121. The molecule has 1 amide bonds. The fourth-order valence-electron chi connectivity index (χ4n) is 1.88. The average molecular weight is 206 g/mol. The van der Waals surface area contributed by atoms with Crippen molar-refractivity contribution in [3.63, 3.8) is 0 Å². The Morgan fingerprint density at radius 2 is 2.27 bits per heavy atom. The van der Waals surface area contributed by atoms with Crippen molar-refractivity contribution in [1.29, 1.82) is 0 Å². The zero-order valence-electron chi connectivity index (χ0n) is 8.68. The van der Waals surface area contributed by atoms with E-state index in [-0.39, 0.29) is 11.9 Å². The van der Waals surface area contributed by atoms with Gasteiger partial charge >= 0.3 is 0 Å². The maximum Gasteiger partial charge on any atom is 0.242 e. The number of amides is 1. The Morgan fingerprint density at radius 3 is 2.93 bits per heavy atom. The van der Waals surface area contributed by atoms with Crippen molar-refractivity contribution in [2.45, 2.75) is 18.9 Å². The molecule has 0 aromatic carbocycles. The molecule has 15 heavy (non-hydrogen) atoms. The highest BCUT2D eigenvalue weighted by Gasteiger charge is 2.31. The van der Waals surface area contributed by atoms with Gasteiger partial charge in [0.05, 0.1) is 0 Å². The molecule has 0 spiro atoms. The van der Waals surface area contributed by atoms with Crippen molar-refractivity contribution in [2.24, 2.45) is 0 Å². The summed E-state index contributed by atoms with van der Waals surface area (Å²) < 4.78 is 0. The molecule has 1 unspecified atom stereocenters. The molecule has 0 aliphatic carbocycles. The molecule has 80 valence electrons. The van der Waals surface area contributed by atoms with Crippen LogP contribution in [0.5, 0.6) is 0 Å². The first-order valence-corrected chi connectivity index (χ1v) is 5.08. The summed E-state index contributed by atoms with van der Waals surface area (Å²) in [6.07, 6.45) is 5.28. The monoisotopic (exact) mass is 206 g/mol. The van der Waals surface area contributed by atoms with E-state index in [9.17, 15) is 4.79 Å². The maximum atomic E-state index is 11.6. The number of carbonyl (C=O) groups excluding carboxylic acids is 1. The molecule has 1 saturated heterocycles. The van der Waals surface area contributed by atoms with Gasteiger partial charge in [0.2, 0.25) is 11.9 Å². The molecule has 1 N–H and O–H groups in total. The lowest BCUT2D eigenvalue weighted by Gasteiger charge is -2.22. The van der Waals surface area contributed by atoms with E-state index in [0.717, 1.165) is 19.4 Å². The Morgan fingerprint density at radius 1 is 1.53 bits per heavy atom. The normalized spacial score (nSPS) is 20.3. The van der Waals surface area contributed by atoms with Gasteiger partial charge in [0.15, 0.2) is 0 Å². The standard InChI is InChI=1S/C10H14N4O/c1-11-9(15)8-4-2-7-14(8)10-12-5-3-6-13-10/h3,5-6,8H,2,4,7H2,1H3,(H,11,15). The first-order valence-electron chi connectivity index (χ1n) is 5.08. The summed E-state index contributed by atoms with van der Waals surface area (Å²) >= 11 is 0. The van der Waals surface area contributed by atoms with E-state index in [1.807, 2.05) is 4.90 Å². The van der Waals surface area contributed by atoms with Crippen molar-refractivity contribution in [3.05, 3.63) is 18.5 Å². The Balaban J connectivity index is 2.18. The zero-order valence-corrected chi connectivity index (χ0v) is 8.68. The second-order valence-corrected chi connectivity index (χ2v) is 3.51. The van der Waals surface area contributed by atoms with Gasteiger partial charge in [0, 0.05) is 26.0 Å². The molecule has 1 atom stereocenters. The minimum absolute atomic E-state index is 0.0416. The molecule has 0 radical (unpaired) electrons. The quantitative estimate of drug-likeness (QED) is 0.750. The molecule has 1 aromatic rings. The van der Waals surface area contributed by atoms with Gasteiger partial charge in [-0.15, -0.1) is 0 Å². The number of aromatic nitrogens is 2. The number of anilines is 1. The third-order valence-electron chi connectivity index (χ3n) is 2.61. The van der Waals surface area contributed by atoms with Crippen molar-refractivity contribution in [2.75, 3.05) is 18.5 Å². The van der Waals surface area contributed by atoms with Crippen LogP contribution in [-0.4, -0.2) is 35.5 Å². The summed E-state index contributed by atoms with van der Waals surface area (Å²) in [7, 11) is 1.66. The maximum absolute atomic E-state index is 11.6. The van der Waals surface area contributed by atoms with Crippen molar-refractivity contribution < 1.29 is 4.79 Å². The molecule has 0 bridgehead atoms. The number of hydrogen-bond donors (Lipinski definition) is 1. The summed E-state index contributed by atoms with van der Waals surface area (Å²) in [6, 6.07) is 1.66. The van der Waals surface area contributed by atoms with Crippen LogP contribution < -0.4 is 10.2 Å². The predicted octanol–water partition coefficient (Wildman–Crippen LogP) is 0.191. The van der Waals surface area contributed by atoms with Crippen LogP contribution in [0.1, 0.15) is 12.8 Å². The Bertz CT molecular complexity index is 341. The topological polar surface area (TPSA) is 58.1 Å². The highest BCUT2D eigenvalue weighted by Crippen LogP contribution is 2.21. The van der Waals surface area contributed by atoms with Gasteiger partial charge < -0.3 is 10.2 Å². The van der Waals surface area contributed by atoms with E-state index >= 15 is 0 Å². The second kappa shape index (κ2) is 4.25. The van der Waals surface area contributed by atoms with Crippen LogP contribution in [0, 0.1) is 0 Å². The minimum Gasteiger partial charge on any atom is -0.357 e. The third kappa shape index (κ3) is 1.91. The van der Waals surface area contributed by atoms with Gasteiger partial charge in [-0.1, -0.05) is 0 Å². The van der Waals surface area contributed by atoms with Gasteiger partial charge in [-0.25, -0.2) is 9.97 Å². The SMILES string of the molecule is CNC(=O)C1CCCN1c1ncccn1. The summed E-state index contributed by atoms with van der Waals surface area (Å²) in [5.41, 5.74) is 0. The number of likely N-dealkylation sites (N-methyl/N-ethyl adjacent to an activating group) is 1. The molecule has 0 saturated carbocycles. The fraction of sp³-hybridized carbons (Fsp3) is 0.500. The van der Waals surface area contributed by atoms with Crippen LogP contribution in [0.4, 0.5) is 5.95 Å². The van der Waals surface area contributed by atoms with Crippen molar-refractivity contribution >= 4 is 11.9 Å². The van der Waals surface area contributed by atoms with Gasteiger partial charge in [-0.05, 0) is 18.9 Å². The van der Waals surface area contributed by atoms with Gasteiger partial charge in [0.1, 0.15) is 6.04 Å². The Labute approximate surface area is 88.5 Å². The third-order valence-corrected chi connectivity index (χ3v) is 2.61. The lowest BCUT2D eigenvalue weighted by atomic mass is 10.2. The van der Waals surface area contributed by atoms with Crippen LogP contribution in [0.15, 0.2) is 18.5 Å². The molecular formula is C10H14N4O. The molecular weight excluding hydrogens is 192 g/mol. The molecule has 5 heteroatoms. The first kappa shape index (κ1) is 9.89. The molecule has 1 aliphatic heterocycles. The largest absolute Gasteiger partial charge is 0.357 e. The molecule has 2 heterocycles. The zero-order chi connectivity index (χ0) is 10.7. The van der Waals surface area contributed by atoms with Gasteiger partial charge in [-0.3, -0.25) is 4.79 Å². The van der Waals surface area contributed by atoms with E-state index < -0.39 is 0 Å². The van der Waals surface area contributed by atoms with E-state index in [1.54, 1.807) is 25.5 Å². The van der Waals surface area contributed by atoms with Crippen LogP contribution in [0.3, 0.4) is 0 Å². The lowest BCUT2D eigenvalue weighted by Crippen LogP contribution is -2.42. The van der Waals surface area contributed by atoms with Crippen LogP contribution in [0.2, 0.25) is 0 Å². The molecule has 2 rings (SSSR count). The molecule has 1 fully saturated rings. The summed E-state index contributed by atoms with van der Waals surface area (Å²) in [5.74, 6) is 0.684. The predicted molar refractivity (Wildman–Crippen MR) is 56.5 cm³/mol. The van der Waals surface area contributed by atoms with E-state index in [1.165, 1.54) is 0 Å². The van der Waals surface area contributed by atoms with Crippen LogP contribution in [-0.2, 0) is 4.79 Å². The second-order valence-electron chi connectivity index (χ2n) is 3.51. The van der Waals surface area contributed by atoms with Crippen molar-refractivity contribution in [3.8, 4) is 0 Å². The van der Waals surface area contributed by atoms with E-state index in [0.29, 0.717) is 5.95 Å². The summed E-state index contributed by atoms with van der Waals surface area (Å²) in [4.78, 5) is 21.9. The number of nitrogens with one attached hydrogen (secondary N) is 1.